The van der Waals surface area contributed by atoms with Gasteiger partial charge in [0.25, 0.3) is 5.91 Å². The molecule has 0 radical (unpaired) electrons. The molecule has 0 bridgehead atoms. The Hall–Kier alpha value is -2.15. The van der Waals surface area contributed by atoms with E-state index in [4.69, 9.17) is 0 Å². The molecule has 0 aliphatic carbocycles. The molecular weight excluding hydrogens is 276 g/mol. The molecule has 21 heavy (non-hydrogen) atoms. The smallest absolute Gasteiger partial charge is 0.310 e. The van der Waals surface area contributed by atoms with Gasteiger partial charge in [0.05, 0.1) is 17.6 Å². The molecule has 1 saturated heterocycles. The number of aromatic hydroxyl groups is 1. The number of aliphatic hydroxyl groups excluding tert-OH is 1. The Bertz CT molecular complexity index is 546. The zero-order valence-corrected chi connectivity index (χ0v) is 11.6. The lowest BCUT2D eigenvalue weighted by Crippen LogP contribution is -2.42. The molecule has 1 aliphatic rings. The maximum atomic E-state index is 12.5. The fraction of sp³-hybridized carbons (Fsp3) is 0.500. The van der Waals surface area contributed by atoms with Crippen LogP contribution in [0.15, 0.2) is 18.2 Å². The van der Waals surface area contributed by atoms with E-state index in [2.05, 4.69) is 0 Å². The van der Waals surface area contributed by atoms with Gasteiger partial charge in [-0.2, -0.15) is 0 Å². The van der Waals surface area contributed by atoms with Gasteiger partial charge in [-0.3, -0.25) is 14.9 Å². The van der Waals surface area contributed by atoms with Crippen molar-refractivity contribution in [3.05, 3.63) is 33.9 Å². The van der Waals surface area contributed by atoms with E-state index in [0.717, 1.165) is 37.8 Å². The number of aliphatic hydroxyl groups is 1. The van der Waals surface area contributed by atoms with Gasteiger partial charge in [0.15, 0.2) is 5.75 Å². The number of nitro benzene ring substituents is 1. The second kappa shape index (κ2) is 6.53. The first-order valence-electron chi connectivity index (χ1n) is 6.94. The number of carbonyl (C=O) groups excluding carboxylic acids is 1. The van der Waals surface area contributed by atoms with Crippen molar-refractivity contribution in [3.8, 4) is 5.75 Å². The Balaban J connectivity index is 2.25. The Morgan fingerprint density at radius 2 is 2.14 bits per heavy atom. The highest BCUT2D eigenvalue weighted by Crippen LogP contribution is 2.28. The summed E-state index contributed by atoms with van der Waals surface area (Å²) in [6.45, 7) is 0.437. The summed E-state index contributed by atoms with van der Waals surface area (Å²) in [5.41, 5.74) is -0.237. The molecule has 1 unspecified atom stereocenters. The van der Waals surface area contributed by atoms with Crippen LogP contribution in [0.4, 0.5) is 5.69 Å². The molecule has 7 nitrogen and oxygen atoms in total. The van der Waals surface area contributed by atoms with Crippen molar-refractivity contribution >= 4 is 11.6 Å². The van der Waals surface area contributed by atoms with Crippen molar-refractivity contribution in [1.29, 1.82) is 0 Å². The second-order valence-electron chi connectivity index (χ2n) is 5.14. The second-order valence-corrected chi connectivity index (χ2v) is 5.14. The number of likely N-dealkylation sites (tertiary alicyclic amines) is 1. The van der Waals surface area contributed by atoms with E-state index < -0.39 is 16.4 Å². The summed E-state index contributed by atoms with van der Waals surface area (Å²) in [5.74, 6) is -0.845. The first kappa shape index (κ1) is 15.2. The maximum Gasteiger partial charge on any atom is 0.310 e. The van der Waals surface area contributed by atoms with Gasteiger partial charge in [-0.15, -0.1) is 0 Å². The highest BCUT2D eigenvalue weighted by atomic mass is 16.6. The molecule has 1 aromatic carbocycles. The first-order chi connectivity index (χ1) is 10.0. The Morgan fingerprint density at radius 3 is 2.76 bits per heavy atom. The number of rotatable bonds is 3. The van der Waals surface area contributed by atoms with E-state index >= 15 is 0 Å². The van der Waals surface area contributed by atoms with Crippen LogP contribution in [0.1, 0.15) is 36.0 Å². The molecule has 114 valence electrons. The third kappa shape index (κ3) is 3.30. The number of nitro groups is 1. The summed E-state index contributed by atoms with van der Waals surface area (Å²) < 4.78 is 0. The van der Waals surface area contributed by atoms with Crippen molar-refractivity contribution in [2.75, 3.05) is 13.2 Å². The molecule has 7 heteroatoms. The number of amides is 1. The number of phenolic OH excluding ortho intramolecular Hbond substituents is 1. The number of nitrogens with zero attached hydrogens (tertiary/aromatic N) is 2. The zero-order chi connectivity index (χ0) is 15.4. The summed E-state index contributed by atoms with van der Waals surface area (Å²) >= 11 is 0. The van der Waals surface area contributed by atoms with Gasteiger partial charge in [0.1, 0.15) is 0 Å². The Morgan fingerprint density at radius 1 is 1.38 bits per heavy atom. The largest absolute Gasteiger partial charge is 0.502 e. The number of carbonyl (C=O) groups is 1. The van der Waals surface area contributed by atoms with Crippen LogP contribution < -0.4 is 0 Å². The van der Waals surface area contributed by atoms with Crippen molar-refractivity contribution in [2.24, 2.45) is 0 Å². The van der Waals surface area contributed by atoms with Crippen LogP contribution in [0, 0.1) is 10.1 Å². The van der Waals surface area contributed by atoms with Crippen LogP contribution in [-0.4, -0.2) is 45.1 Å². The highest BCUT2D eigenvalue weighted by molar-refractivity contribution is 5.95. The molecule has 0 aromatic heterocycles. The number of hydrogen-bond acceptors (Lipinski definition) is 5. The molecule has 1 aliphatic heterocycles. The van der Waals surface area contributed by atoms with Crippen molar-refractivity contribution < 1.29 is 19.9 Å². The van der Waals surface area contributed by atoms with E-state index in [1.165, 1.54) is 6.07 Å². The van der Waals surface area contributed by atoms with Crippen molar-refractivity contribution in [2.45, 2.75) is 31.7 Å². The Labute approximate surface area is 122 Å². The third-order valence-corrected chi connectivity index (χ3v) is 3.77. The molecule has 2 N–H and O–H groups in total. The average Bonchev–Trinajstić information content (AvgIpc) is 2.71. The monoisotopic (exact) mass is 294 g/mol. The minimum absolute atomic E-state index is 0.106. The van der Waals surface area contributed by atoms with Crippen LogP contribution in [0.25, 0.3) is 0 Å². The molecule has 2 rings (SSSR count). The SMILES string of the molecule is O=C(c1ccc([N+](=O)[O-])c(O)c1)N1CCCCCC1CO. The summed E-state index contributed by atoms with van der Waals surface area (Å²) in [4.78, 5) is 24.0. The van der Waals surface area contributed by atoms with Crippen LogP contribution in [0.5, 0.6) is 5.75 Å². The fourth-order valence-corrected chi connectivity index (χ4v) is 2.61. The quantitative estimate of drug-likeness (QED) is 0.652. The van der Waals surface area contributed by atoms with Gasteiger partial charge in [-0.25, -0.2) is 0 Å². The van der Waals surface area contributed by atoms with E-state index in [1.807, 2.05) is 0 Å². The van der Waals surface area contributed by atoms with Gasteiger partial charge in [-0.05, 0) is 25.0 Å². The number of benzene rings is 1. The number of phenols is 1. The van der Waals surface area contributed by atoms with Crippen LogP contribution >= 0.6 is 0 Å². The average molecular weight is 294 g/mol. The van der Waals surface area contributed by atoms with Gasteiger partial charge in [0, 0.05) is 18.2 Å². The third-order valence-electron chi connectivity index (χ3n) is 3.77. The van der Waals surface area contributed by atoms with Crippen LogP contribution in [0.3, 0.4) is 0 Å². The molecule has 0 saturated carbocycles. The van der Waals surface area contributed by atoms with Crippen LogP contribution in [-0.2, 0) is 0 Å². The van der Waals surface area contributed by atoms with Crippen molar-refractivity contribution in [3.63, 3.8) is 0 Å². The van der Waals surface area contributed by atoms with Gasteiger partial charge < -0.3 is 15.1 Å². The molecule has 1 amide bonds. The standard InChI is InChI=1S/C14H18N2O5/c17-9-11-4-2-1-3-7-15(11)14(19)10-5-6-12(16(20)21)13(18)8-10/h5-6,8,11,17-18H,1-4,7,9H2. The van der Waals surface area contributed by atoms with Crippen molar-refractivity contribution in [1.82, 2.24) is 4.90 Å². The molecular formula is C14H18N2O5. The lowest BCUT2D eigenvalue weighted by Gasteiger charge is -2.28. The summed E-state index contributed by atoms with van der Waals surface area (Å²) in [7, 11) is 0. The predicted octanol–water partition coefficient (Wildman–Crippen LogP) is 1.68. The summed E-state index contributed by atoms with van der Waals surface area (Å²) in [6.07, 6.45) is 3.56. The van der Waals surface area contributed by atoms with E-state index in [0.29, 0.717) is 6.54 Å². The minimum atomic E-state index is -0.702. The normalized spacial score (nSPS) is 19.1. The molecule has 1 fully saturated rings. The minimum Gasteiger partial charge on any atom is -0.502 e. The topological polar surface area (TPSA) is 104 Å². The van der Waals surface area contributed by atoms with E-state index in [-0.39, 0.29) is 24.1 Å². The van der Waals surface area contributed by atoms with E-state index in [9.17, 15) is 25.1 Å². The molecule has 0 spiro atoms. The lowest BCUT2D eigenvalue weighted by atomic mass is 10.1. The molecule has 1 atom stereocenters. The highest BCUT2D eigenvalue weighted by Gasteiger charge is 2.27. The van der Waals surface area contributed by atoms with E-state index in [1.54, 1.807) is 4.90 Å². The molecule has 1 aromatic rings. The first-order valence-corrected chi connectivity index (χ1v) is 6.94. The fourth-order valence-electron chi connectivity index (χ4n) is 2.61. The predicted molar refractivity (Wildman–Crippen MR) is 75.1 cm³/mol. The van der Waals surface area contributed by atoms with Crippen LogP contribution in [0.2, 0.25) is 0 Å². The maximum absolute atomic E-state index is 12.5. The number of hydrogen-bond donors (Lipinski definition) is 2. The summed E-state index contributed by atoms with van der Waals surface area (Å²) in [5, 5.41) is 29.7. The van der Waals surface area contributed by atoms with Gasteiger partial charge in [-0.1, -0.05) is 12.8 Å². The molecule has 1 heterocycles. The Kier molecular flexibility index (Phi) is 4.74. The van der Waals surface area contributed by atoms with Gasteiger partial charge >= 0.3 is 5.69 Å². The summed E-state index contributed by atoms with van der Waals surface area (Å²) in [6, 6.07) is 3.32. The lowest BCUT2D eigenvalue weighted by molar-refractivity contribution is -0.385. The van der Waals surface area contributed by atoms with Gasteiger partial charge in [0.2, 0.25) is 0 Å². The zero-order valence-electron chi connectivity index (χ0n) is 11.6.